The topological polar surface area (TPSA) is 155 Å². The lowest BCUT2D eigenvalue weighted by Crippen LogP contribution is -2.47. The van der Waals surface area contributed by atoms with E-state index >= 15 is 0 Å². The molecule has 12 heteroatoms. The van der Waals surface area contributed by atoms with Crippen LogP contribution in [-0.2, 0) is 4.79 Å². The summed E-state index contributed by atoms with van der Waals surface area (Å²) in [5, 5.41) is 20.4. The molecule has 4 N–H and O–H groups in total. The van der Waals surface area contributed by atoms with E-state index in [-0.39, 0.29) is 41.2 Å². The van der Waals surface area contributed by atoms with Crippen molar-refractivity contribution in [3.63, 3.8) is 0 Å². The van der Waals surface area contributed by atoms with E-state index in [0.717, 1.165) is 12.8 Å². The summed E-state index contributed by atoms with van der Waals surface area (Å²) in [6, 6.07) is 3.45. The van der Waals surface area contributed by atoms with E-state index in [1.54, 1.807) is 36.4 Å². The second kappa shape index (κ2) is 8.98. The number of piperidine rings is 1. The monoisotopic (exact) mass is 518 g/mol. The number of anilines is 1. The smallest absolute Gasteiger partial charge is 0.248 e. The molecule has 6 rings (SSSR count). The zero-order valence-electron chi connectivity index (χ0n) is 21.0. The predicted molar refractivity (Wildman–Crippen MR) is 136 cm³/mol. The normalized spacial score (nSPS) is 20.8. The number of H-pyrrole nitrogens is 1. The highest BCUT2D eigenvalue weighted by molar-refractivity contribution is 6.00. The zero-order valence-corrected chi connectivity index (χ0v) is 21.0. The number of carbonyl (C=O) groups is 2. The van der Waals surface area contributed by atoms with E-state index in [1.807, 2.05) is 0 Å². The first-order chi connectivity index (χ1) is 18.3. The van der Waals surface area contributed by atoms with Crippen LogP contribution in [0.1, 0.15) is 60.3 Å². The fourth-order valence-electron chi connectivity index (χ4n) is 6.06. The summed E-state index contributed by atoms with van der Waals surface area (Å²) < 4.78 is 15.8. The molecule has 0 saturated carbocycles. The van der Waals surface area contributed by atoms with E-state index in [2.05, 4.69) is 20.3 Å². The van der Waals surface area contributed by atoms with Crippen molar-refractivity contribution < 1.29 is 19.1 Å². The molecule has 2 aliphatic heterocycles. The molecule has 11 nitrogen and oxygen atoms in total. The molecule has 1 amide bonds. The number of hydrogen-bond acceptors (Lipinski definition) is 8. The van der Waals surface area contributed by atoms with Crippen LogP contribution < -0.4 is 5.73 Å². The van der Waals surface area contributed by atoms with Gasteiger partial charge in [-0.05, 0) is 45.6 Å². The first-order valence-corrected chi connectivity index (χ1v) is 12.6. The number of aliphatic hydroxyl groups excluding tert-OH is 1. The quantitative estimate of drug-likeness (QED) is 0.341. The summed E-state index contributed by atoms with van der Waals surface area (Å²) in [5.41, 5.74) is 10.2. The Hall–Kier alpha value is -4.19. The minimum absolute atomic E-state index is 0.00958. The van der Waals surface area contributed by atoms with Crippen LogP contribution in [0, 0.1) is 12.7 Å². The number of nitrogens with one attached hydrogen (secondary N) is 1. The Labute approximate surface area is 216 Å². The number of ketones is 1. The van der Waals surface area contributed by atoms with Crippen LogP contribution in [0.5, 0.6) is 0 Å². The van der Waals surface area contributed by atoms with Crippen LogP contribution in [0.15, 0.2) is 24.5 Å². The Balaban J connectivity index is 1.41. The number of nitrogens with two attached hydrogens (primary N) is 1. The molecule has 2 aliphatic rings. The summed E-state index contributed by atoms with van der Waals surface area (Å²) >= 11 is 0. The van der Waals surface area contributed by atoms with Crippen LogP contribution >= 0.6 is 0 Å². The molecule has 4 aromatic heterocycles. The molecule has 2 atom stereocenters. The van der Waals surface area contributed by atoms with Gasteiger partial charge in [0.2, 0.25) is 5.91 Å². The van der Waals surface area contributed by atoms with Crippen LogP contribution in [0.3, 0.4) is 0 Å². The Kier molecular flexibility index (Phi) is 5.71. The molecule has 2 bridgehead atoms. The van der Waals surface area contributed by atoms with Crippen LogP contribution in [0.25, 0.3) is 28.2 Å². The Morgan fingerprint density at radius 3 is 2.53 bits per heavy atom. The second-order valence-corrected chi connectivity index (χ2v) is 10.1. The Morgan fingerprint density at radius 1 is 1.21 bits per heavy atom. The number of carbonyl (C=O) groups excluding carboxylic acids is 2. The maximum atomic E-state index is 14.3. The maximum Gasteiger partial charge on any atom is 0.248 e. The molecule has 196 valence electrons. The van der Waals surface area contributed by atoms with E-state index in [1.165, 1.54) is 11.4 Å². The molecular weight excluding hydrogens is 491 g/mol. The number of fused-ring (bicyclic) bond motifs is 3. The van der Waals surface area contributed by atoms with Gasteiger partial charge in [-0.25, -0.2) is 9.37 Å². The number of pyridine rings is 1. The van der Waals surface area contributed by atoms with Gasteiger partial charge in [-0.2, -0.15) is 14.7 Å². The van der Waals surface area contributed by atoms with Gasteiger partial charge in [-0.15, -0.1) is 0 Å². The minimum atomic E-state index is -0.508. The predicted octanol–water partition coefficient (Wildman–Crippen LogP) is 2.64. The summed E-state index contributed by atoms with van der Waals surface area (Å²) in [7, 11) is 0. The molecule has 4 aromatic rings. The number of aryl methyl sites for hydroxylation is 1. The van der Waals surface area contributed by atoms with Crippen LogP contribution in [0.2, 0.25) is 0 Å². The summed E-state index contributed by atoms with van der Waals surface area (Å²) in [4.78, 5) is 36.2. The van der Waals surface area contributed by atoms with Crippen molar-refractivity contribution in [2.45, 2.75) is 57.5 Å². The third kappa shape index (κ3) is 3.66. The average Bonchev–Trinajstić information content (AvgIpc) is 3.57. The van der Waals surface area contributed by atoms with Gasteiger partial charge in [-0.3, -0.25) is 19.7 Å². The summed E-state index contributed by atoms with van der Waals surface area (Å²) in [5.74, 6) is -0.769. The average molecular weight is 519 g/mol. The van der Waals surface area contributed by atoms with Crippen molar-refractivity contribution in [2.75, 3.05) is 12.3 Å². The number of nitrogen functional groups attached to an aromatic ring is 1. The first kappa shape index (κ1) is 24.2. The number of rotatable bonds is 5. The molecule has 0 aliphatic carbocycles. The molecule has 0 spiro atoms. The highest BCUT2D eigenvalue weighted by atomic mass is 19.1. The number of amides is 1. The third-order valence-electron chi connectivity index (χ3n) is 7.80. The van der Waals surface area contributed by atoms with E-state index in [4.69, 9.17) is 10.7 Å². The van der Waals surface area contributed by atoms with Gasteiger partial charge in [0.15, 0.2) is 17.2 Å². The lowest BCUT2D eigenvalue weighted by molar-refractivity contribution is -0.138. The maximum absolute atomic E-state index is 14.3. The zero-order chi connectivity index (χ0) is 26.7. The molecule has 2 saturated heterocycles. The lowest BCUT2D eigenvalue weighted by atomic mass is 9.85. The van der Waals surface area contributed by atoms with Gasteiger partial charge in [-0.1, -0.05) is 6.07 Å². The standard InChI is InChI=1S/C26H27FN8O3/c1-12-22(27)24(33-32-12)19-6-3-14(9-29-19)18-10-30-35-25(28)21(13(2)37)23(31-26(18)35)15-7-16-4-5-17(8-15)34(16)20(38)11-36/h3,6,9-10,15-17,36H,4-5,7-8,11,28H2,1-2H3,(H,32,33). The van der Waals surface area contributed by atoms with Crippen molar-refractivity contribution in [3.8, 4) is 22.5 Å². The molecule has 38 heavy (non-hydrogen) atoms. The molecular formula is C26H27FN8O3. The molecule has 0 radical (unpaired) electrons. The highest BCUT2D eigenvalue weighted by Crippen LogP contribution is 2.44. The number of nitrogens with zero attached hydrogens (tertiary/aromatic N) is 6. The fourth-order valence-corrected chi connectivity index (χ4v) is 6.06. The number of aliphatic hydroxyl groups is 1. The lowest BCUT2D eigenvalue weighted by Gasteiger charge is -2.39. The number of aromatic nitrogens is 6. The first-order valence-electron chi connectivity index (χ1n) is 12.6. The largest absolute Gasteiger partial charge is 0.387 e. The van der Waals surface area contributed by atoms with E-state index in [9.17, 15) is 19.1 Å². The van der Waals surface area contributed by atoms with Crippen LogP contribution in [0.4, 0.5) is 10.2 Å². The fraction of sp³-hybridized carbons (Fsp3) is 0.385. The van der Waals surface area contributed by atoms with Gasteiger partial charge < -0.3 is 15.7 Å². The number of hydrogen-bond donors (Lipinski definition) is 3. The summed E-state index contributed by atoms with van der Waals surface area (Å²) in [6.45, 7) is 2.55. The number of aromatic amines is 1. The number of Topliss-reactive ketones (excluding diaryl/α,β-unsaturated/α-hetero) is 1. The van der Waals surface area contributed by atoms with Gasteiger partial charge in [0.25, 0.3) is 0 Å². The van der Waals surface area contributed by atoms with Gasteiger partial charge in [0, 0.05) is 35.3 Å². The highest BCUT2D eigenvalue weighted by Gasteiger charge is 2.44. The minimum Gasteiger partial charge on any atom is -0.387 e. The van der Waals surface area contributed by atoms with Crippen molar-refractivity contribution in [1.82, 2.24) is 34.7 Å². The number of halogens is 1. The van der Waals surface area contributed by atoms with Crippen LogP contribution in [-0.4, -0.2) is 70.2 Å². The molecule has 2 fully saturated rings. The Morgan fingerprint density at radius 2 is 1.95 bits per heavy atom. The molecule has 6 heterocycles. The van der Waals surface area contributed by atoms with Gasteiger partial charge in [0.1, 0.15) is 18.1 Å². The molecule has 0 aromatic carbocycles. The molecule has 2 unspecified atom stereocenters. The summed E-state index contributed by atoms with van der Waals surface area (Å²) in [6.07, 6.45) is 6.21. The van der Waals surface area contributed by atoms with Crippen molar-refractivity contribution in [3.05, 3.63) is 47.3 Å². The van der Waals surface area contributed by atoms with Crippen molar-refractivity contribution in [1.29, 1.82) is 0 Å². The van der Waals surface area contributed by atoms with E-state index < -0.39 is 12.4 Å². The Bertz CT molecular complexity index is 1560. The van der Waals surface area contributed by atoms with E-state index in [0.29, 0.717) is 52.3 Å². The second-order valence-electron chi connectivity index (χ2n) is 10.1. The SMILES string of the molecule is CC(=O)c1c(C2CC3CCC(C2)N3C(=O)CO)nc2c(-c3ccc(-c4n[nH]c(C)c4F)nc3)cnn2c1N. The van der Waals surface area contributed by atoms with Gasteiger partial charge in [0.05, 0.1) is 28.8 Å². The van der Waals surface area contributed by atoms with Crippen molar-refractivity contribution >= 4 is 23.2 Å². The third-order valence-corrected chi connectivity index (χ3v) is 7.80. The van der Waals surface area contributed by atoms with Crippen molar-refractivity contribution in [2.24, 2.45) is 0 Å². The van der Waals surface area contributed by atoms with Gasteiger partial charge >= 0.3 is 0 Å².